The number of aromatic nitrogens is 2. The average molecular weight is 271 g/mol. The van der Waals surface area contributed by atoms with E-state index in [4.69, 9.17) is 14.6 Å². The molecule has 0 fully saturated rings. The summed E-state index contributed by atoms with van der Waals surface area (Å²) in [6.07, 6.45) is 1.65. The van der Waals surface area contributed by atoms with E-state index in [2.05, 4.69) is 18.2 Å². The predicted molar refractivity (Wildman–Crippen MR) is 68.1 cm³/mol. The monoisotopic (exact) mass is 271 g/mol. The summed E-state index contributed by atoms with van der Waals surface area (Å²) in [6, 6.07) is 1.07. The lowest BCUT2D eigenvalue weighted by atomic mass is 10.3. The molecule has 18 heavy (non-hydrogen) atoms. The van der Waals surface area contributed by atoms with Crippen LogP contribution in [0.5, 0.6) is 0 Å². The van der Waals surface area contributed by atoms with Crippen molar-refractivity contribution < 1.29 is 19.4 Å². The number of nitrogens with zero attached hydrogens (tertiary/aromatic N) is 2. The van der Waals surface area contributed by atoms with Crippen molar-refractivity contribution >= 4 is 14.8 Å². The Kier molecular flexibility index (Phi) is 6.03. The van der Waals surface area contributed by atoms with Crippen molar-refractivity contribution in [2.24, 2.45) is 0 Å². The van der Waals surface area contributed by atoms with E-state index in [0.717, 1.165) is 6.04 Å². The second kappa shape index (κ2) is 7.30. The quantitative estimate of drug-likeness (QED) is 0.572. The number of carboxylic acids is 1. The van der Waals surface area contributed by atoms with E-state index in [1.165, 1.54) is 11.8 Å². The molecule has 0 amide bonds. The highest BCUT2D eigenvalue weighted by molar-refractivity contribution is 6.55. The first-order valence-corrected chi connectivity index (χ1v) is 8.40. The van der Waals surface area contributed by atoms with Gasteiger partial charge in [0.25, 0.3) is 0 Å². The van der Waals surface area contributed by atoms with Gasteiger partial charge >= 0.3 is 14.8 Å². The van der Waals surface area contributed by atoms with Gasteiger partial charge in [-0.1, -0.05) is 0 Å². The van der Waals surface area contributed by atoms with Crippen molar-refractivity contribution in [2.75, 3.05) is 13.7 Å². The zero-order valence-electron chi connectivity index (χ0n) is 11.0. The van der Waals surface area contributed by atoms with Crippen molar-refractivity contribution in [2.45, 2.75) is 32.5 Å². The summed E-state index contributed by atoms with van der Waals surface area (Å²) in [4.78, 5) is 11.0. The van der Waals surface area contributed by atoms with Crippen molar-refractivity contribution in [1.82, 2.24) is 9.78 Å². The molecule has 0 aliphatic carbocycles. The molecule has 0 aliphatic rings. The number of carboxylic acid groups (broad SMARTS) is 1. The minimum atomic E-state index is -1.05. The van der Waals surface area contributed by atoms with E-state index in [1.807, 2.05) is 0 Å². The van der Waals surface area contributed by atoms with Gasteiger partial charge in [-0.3, -0.25) is 0 Å². The van der Waals surface area contributed by atoms with Crippen LogP contribution >= 0.6 is 0 Å². The van der Waals surface area contributed by atoms with Gasteiger partial charge in [0.2, 0.25) is 0 Å². The standard InChI is InChI=1S/C11H18N2O4Si/c1-16-7-9-6-13(12-10(9)11(14)15)8-17-4-5-18(2)3/h6H,4-5,7-8H2,1-3H3/p+1. The molecule has 0 aliphatic heterocycles. The van der Waals surface area contributed by atoms with Crippen LogP contribution in [0.3, 0.4) is 0 Å². The largest absolute Gasteiger partial charge is 0.476 e. The Morgan fingerprint density at radius 2 is 2.28 bits per heavy atom. The van der Waals surface area contributed by atoms with Crippen LogP contribution in [0, 0.1) is 0 Å². The van der Waals surface area contributed by atoms with Gasteiger partial charge in [-0.15, -0.1) is 0 Å². The molecule has 0 radical (unpaired) electrons. The van der Waals surface area contributed by atoms with E-state index in [9.17, 15) is 4.79 Å². The third kappa shape index (κ3) is 4.59. The number of hydrogen-bond acceptors (Lipinski definition) is 4. The minimum absolute atomic E-state index is 0.0242. The molecule has 7 heteroatoms. The number of ether oxygens (including phenoxy) is 2. The third-order valence-electron chi connectivity index (χ3n) is 2.31. The minimum Gasteiger partial charge on any atom is -0.476 e. The maximum atomic E-state index is 11.0. The van der Waals surface area contributed by atoms with Crippen LogP contribution in [0.4, 0.5) is 0 Å². The van der Waals surface area contributed by atoms with E-state index >= 15 is 0 Å². The Labute approximate surface area is 108 Å². The molecule has 1 heterocycles. The summed E-state index contributed by atoms with van der Waals surface area (Å²) in [5.41, 5.74) is 0.584. The second-order valence-electron chi connectivity index (χ2n) is 4.28. The highest BCUT2D eigenvalue weighted by atomic mass is 28.3. The van der Waals surface area contributed by atoms with E-state index in [-0.39, 0.29) is 27.8 Å². The first kappa shape index (κ1) is 14.9. The summed E-state index contributed by atoms with van der Waals surface area (Å²) < 4.78 is 11.9. The molecule has 0 unspecified atom stereocenters. The number of aromatic carboxylic acids is 1. The van der Waals surface area contributed by atoms with Crippen LogP contribution in [0.25, 0.3) is 0 Å². The molecule has 0 aromatic carbocycles. The van der Waals surface area contributed by atoms with Gasteiger partial charge in [-0.05, 0) is 0 Å². The number of rotatable bonds is 8. The number of hydrogen-bond donors (Lipinski definition) is 1. The Balaban J connectivity index is 2.55. The number of methoxy groups -OCH3 is 1. The van der Waals surface area contributed by atoms with Crippen LogP contribution in [0.1, 0.15) is 16.1 Å². The highest BCUT2D eigenvalue weighted by Gasteiger charge is 2.16. The molecule has 0 bridgehead atoms. The van der Waals surface area contributed by atoms with Gasteiger partial charge < -0.3 is 14.6 Å². The number of carbonyl (C=O) groups is 1. The zero-order valence-corrected chi connectivity index (χ0v) is 12.0. The molecule has 1 aromatic heterocycles. The smallest absolute Gasteiger partial charge is 0.356 e. The Hall–Kier alpha value is -1.18. The summed E-state index contributed by atoms with van der Waals surface area (Å²) in [5, 5.41) is 12.9. The SMILES string of the molecule is COCc1cn(COCC[Si+](C)C)nc1C(=O)O. The fourth-order valence-corrected chi connectivity index (χ4v) is 1.96. The van der Waals surface area contributed by atoms with Crippen LogP contribution in [0.2, 0.25) is 19.1 Å². The summed E-state index contributed by atoms with van der Waals surface area (Å²) in [7, 11) is 1.24. The van der Waals surface area contributed by atoms with Crippen LogP contribution < -0.4 is 0 Å². The van der Waals surface area contributed by atoms with Crippen molar-refractivity contribution in [3.8, 4) is 0 Å². The van der Waals surface area contributed by atoms with E-state index < -0.39 is 5.97 Å². The molecule has 0 spiro atoms. The first-order valence-electron chi connectivity index (χ1n) is 5.70. The lowest BCUT2D eigenvalue weighted by Gasteiger charge is -2.01. The lowest BCUT2D eigenvalue weighted by molar-refractivity contribution is 0.0669. The summed E-state index contributed by atoms with van der Waals surface area (Å²) in [5.74, 6) is -1.05. The van der Waals surface area contributed by atoms with Crippen molar-refractivity contribution in [3.05, 3.63) is 17.5 Å². The maximum absolute atomic E-state index is 11.0. The summed E-state index contributed by atoms with van der Waals surface area (Å²) in [6.45, 7) is 5.64. The highest BCUT2D eigenvalue weighted by Crippen LogP contribution is 2.08. The predicted octanol–water partition coefficient (Wildman–Crippen LogP) is 1.46. The molecular formula is C11H19N2O4Si+. The molecule has 0 saturated carbocycles. The molecule has 1 N–H and O–H groups in total. The topological polar surface area (TPSA) is 73.6 Å². The van der Waals surface area contributed by atoms with Gasteiger partial charge in [0, 0.05) is 18.9 Å². The van der Waals surface area contributed by atoms with Crippen molar-refractivity contribution in [3.63, 3.8) is 0 Å². The third-order valence-corrected chi connectivity index (χ3v) is 3.51. The maximum Gasteiger partial charge on any atom is 0.356 e. The first-order chi connectivity index (χ1) is 8.54. The fourth-order valence-electron chi connectivity index (χ4n) is 1.40. The second-order valence-corrected chi connectivity index (χ2v) is 7.19. The molecule has 1 aromatic rings. The van der Waals surface area contributed by atoms with Gasteiger partial charge in [-0.25, -0.2) is 9.48 Å². The Morgan fingerprint density at radius 3 is 2.83 bits per heavy atom. The van der Waals surface area contributed by atoms with E-state index in [1.54, 1.807) is 6.20 Å². The Bertz CT molecular complexity index is 392. The normalized spacial score (nSPS) is 10.6. The lowest BCUT2D eigenvalue weighted by Crippen LogP contribution is -2.09. The van der Waals surface area contributed by atoms with Gasteiger partial charge in [0.1, 0.15) is 6.73 Å². The summed E-state index contributed by atoms with van der Waals surface area (Å²) >= 11 is 0. The van der Waals surface area contributed by atoms with Crippen LogP contribution in [-0.4, -0.2) is 43.4 Å². The van der Waals surface area contributed by atoms with Gasteiger partial charge in [-0.2, -0.15) is 5.10 Å². The molecule has 1 rings (SSSR count). The van der Waals surface area contributed by atoms with Gasteiger partial charge in [0.15, 0.2) is 5.69 Å². The zero-order chi connectivity index (χ0) is 13.5. The molecule has 100 valence electrons. The molecule has 0 atom stereocenters. The van der Waals surface area contributed by atoms with Crippen molar-refractivity contribution in [1.29, 1.82) is 0 Å². The van der Waals surface area contributed by atoms with Crippen LogP contribution in [-0.2, 0) is 22.8 Å². The molecule has 0 saturated heterocycles. The van der Waals surface area contributed by atoms with E-state index in [0.29, 0.717) is 12.2 Å². The molecular weight excluding hydrogens is 252 g/mol. The average Bonchev–Trinajstić information content (AvgIpc) is 2.68. The van der Waals surface area contributed by atoms with Crippen LogP contribution in [0.15, 0.2) is 6.20 Å². The van der Waals surface area contributed by atoms with Gasteiger partial charge in [0.05, 0.1) is 32.4 Å². The Morgan fingerprint density at radius 1 is 1.56 bits per heavy atom. The molecule has 6 nitrogen and oxygen atoms in total. The fraction of sp³-hybridized carbons (Fsp3) is 0.636.